The summed E-state index contributed by atoms with van der Waals surface area (Å²) in [6.07, 6.45) is 0.461. The third-order valence-electron chi connectivity index (χ3n) is 3.60. The fraction of sp³-hybridized carbons (Fsp3) is 0.316. The summed E-state index contributed by atoms with van der Waals surface area (Å²) in [6, 6.07) is 15.4. The Balaban J connectivity index is 1.86. The molecule has 1 N–H and O–H groups in total. The molecule has 0 aliphatic heterocycles. The smallest absolute Gasteiger partial charge is 0.164 e. The molecular formula is C19H22ClNO. The normalized spacial score (nSPS) is 11.3. The molecule has 0 aliphatic carbocycles. The Hall–Kier alpha value is -1.80. The summed E-state index contributed by atoms with van der Waals surface area (Å²) in [4.78, 5) is 12.0. The maximum Gasteiger partial charge on any atom is 0.164 e. The van der Waals surface area contributed by atoms with Crippen LogP contribution in [0.1, 0.15) is 43.1 Å². The van der Waals surface area contributed by atoms with Crippen LogP contribution in [0.5, 0.6) is 0 Å². The van der Waals surface area contributed by atoms with Gasteiger partial charge in [-0.3, -0.25) is 4.79 Å². The van der Waals surface area contributed by atoms with E-state index in [0.717, 1.165) is 5.69 Å². The van der Waals surface area contributed by atoms with Crippen molar-refractivity contribution < 1.29 is 4.79 Å². The first kappa shape index (κ1) is 16.6. The fourth-order valence-corrected chi connectivity index (χ4v) is 2.31. The Labute approximate surface area is 137 Å². The third-order valence-corrected chi connectivity index (χ3v) is 3.85. The number of ketones is 1. The van der Waals surface area contributed by atoms with Gasteiger partial charge in [-0.2, -0.15) is 0 Å². The largest absolute Gasteiger partial charge is 0.385 e. The Kier molecular flexibility index (Phi) is 5.25. The number of hydrogen-bond acceptors (Lipinski definition) is 2. The molecule has 2 aromatic carbocycles. The number of carbonyl (C=O) groups excluding carboxylic acids is 1. The minimum absolute atomic E-state index is 0.121. The molecule has 2 rings (SSSR count). The molecule has 0 atom stereocenters. The quantitative estimate of drug-likeness (QED) is 0.756. The van der Waals surface area contributed by atoms with E-state index < -0.39 is 0 Å². The van der Waals surface area contributed by atoms with Gasteiger partial charge >= 0.3 is 0 Å². The summed E-state index contributed by atoms with van der Waals surface area (Å²) < 4.78 is 0. The van der Waals surface area contributed by atoms with E-state index in [4.69, 9.17) is 11.6 Å². The first-order valence-electron chi connectivity index (χ1n) is 7.49. The highest BCUT2D eigenvalue weighted by molar-refractivity contribution is 6.30. The molecule has 2 aromatic rings. The molecule has 22 heavy (non-hydrogen) atoms. The van der Waals surface area contributed by atoms with Crippen molar-refractivity contribution in [3.05, 3.63) is 64.7 Å². The van der Waals surface area contributed by atoms with E-state index in [-0.39, 0.29) is 11.2 Å². The molecule has 0 amide bonds. The van der Waals surface area contributed by atoms with Gasteiger partial charge in [0, 0.05) is 29.2 Å². The van der Waals surface area contributed by atoms with Gasteiger partial charge in [0.1, 0.15) is 0 Å². The predicted molar refractivity (Wildman–Crippen MR) is 94.0 cm³/mol. The number of anilines is 1. The van der Waals surface area contributed by atoms with Crippen molar-refractivity contribution in [3.63, 3.8) is 0 Å². The van der Waals surface area contributed by atoms with Crippen LogP contribution in [0.25, 0.3) is 0 Å². The lowest BCUT2D eigenvalue weighted by molar-refractivity contribution is 0.0986. The minimum Gasteiger partial charge on any atom is -0.385 e. The number of hydrogen-bond donors (Lipinski definition) is 1. The van der Waals surface area contributed by atoms with Crippen molar-refractivity contribution in [3.8, 4) is 0 Å². The zero-order valence-corrected chi connectivity index (χ0v) is 14.1. The van der Waals surface area contributed by atoms with E-state index in [1.165, 1.54) is 5.56 Å². The fourth-order valence-electron chi connectivity index (χ4n) is 2.19. The van der Waals surface area contributed by atoms with E-state index in [1.807, 2.05) is 0 Å². The standard InChI is InChI=1S/C19H22ClNO/c1-19(2,3)15-6-10-17(11-7-15)21-13-12-18(22)14-4-8-16(20)9-5-14/h4-11,21H,12-13H2,1-3H3. The van der Waals surface area contributed by atoms with Crippen LogP contribution in [0.3, 0.4) is 0 Å². The van der Waals surface area contributed by atoms with Crippen LogP contribution in [0.15, 0.2) is 48.5 Å². The van der Waals surface area contributed by atoms with Crippen molar-refractivity contribution >= 4 is 23.1 Å². The van der Waals surface area contributed by atoms with Crippen LogP contribution in [-0.2, 0) is 5.41 Å². The number of nitrogens with one attached hydrogen (secondary N) is 1. The molecule has 0 saturated carbocycles. The summed E-state index contributed by atoms with van der Waals surface area (Å²) in [5.41, 5.74) is 3.20. The molecule has 0 spiro atoms. The number of benzene rings is 2. The molecule has 2 nitrogen and oxygen atoms in total. The van der Waals surface area contributed by atoms with Crippen molar-refractivity contribution in [1.82, 2.24) is 0 Å². The number of Topliss-reactive ketones (excluding diaryl/α,β-unsaturated/α-hetero) is 1. The lowest BCUT2D eigenvalue weighted by Crippen LogP contribution is -2.11. The van der Waals surface area contributed by atoms with Gasteiger partial charge in [-0.1, -0.05) is 44.5 Å². The van der Waals surface area contributed by atoms with Crippen LogP contribution in [0, 0.1) is 0 Å². The van der Waals surface area contributed by atoms with Gasteiger partial charge in [0.25, 0.3) is 0 Å². The summed E-state index contributed by atoms with van der Waals surface area (Å²) in [5, 5.41) is 3.94. The van der Waals surface area contributed by atoms with Gasteiger partial charge in [-0.05, 0) is 47.4 Å². The summed E-state index contributed by atoms with van der Waals surface area (Å²) in [5.74, 6) is 0.121. The summed E-state index contributed by atoms with van der Waals surface area (Å²) in [7, 11) is 0. The van der Waals surface area contributed by atoms with E-state index in [1.54, 1.807) is 24.3 Å². The predicted octanol–water partition coefficient (Wildman–Crippen LogP) is 5.32. The second-order valence-electron chi connectivity index (χ2n) is 6.43. The maximum atomic E-state index is 12.0. The van der Waals surface area contributed by atoms with Gasteiger partial charge in [0.15, 0.2) is 5.78 Å². The summed E-state index contributed by atoms with van der Waals surface area (Å²) in [6.45, 7) is 7.21. The lowest BCUT2D eigenvalue weighted by atomic mass is 9.87. The zero-order valence-electron chi connectivity index (χ0n) is 13.3. The first-order valence-corrected chi connectivity index (χ1v) is 7.87. The van der Waals surface area contributed by atoms with Crippen LogP contribution in [0.2, 0.25) is 5.02 Å². The Morgan fingerprint density at radius 3 is 2.14 bits per heavy atom. The average Bonchev–Trinajstić information content (AvgIpc) is 2.47. The molecule has 0 fully saturated rings. The molecule has 0 aliphatic rings. The molecule has 0 aromatic heterocycles. The van der Waals surface area contributed by atoms with Crippen molar-refractivity contribution in [2.75, 3.05) is 11.9 Å². The third kappa shape index (κ3) is 4.60. The Morgan fingerprint density at radius 2 is 1.59 bits per heavy atom. The van der Waals surface area contributed by atoms with Crippen LogP contribution >= 0.6 is 11.6 Å². The van der Waals surface area contributed by atoms with E-state index in [2.05, 4.69) is 50.4 Å². The monoisotopic (exact) mass is 315 g/mol. The van der Waals surface area contributed by atoms with Crippen LogP contribution < -0.4 is 5.32 Å². The Morgan fingerprint density at radius 1 is 1.00 bits per heavy atom. The van der Waals surface area contributed by atoms with E-state index in [9.17, 15) is 4.79 Å². The highest BCUT2D eigenvalue weighted by Gasteiger charge is 2.12. The zero-order chi connectivity index (χ0) is 16.2. The van der Waals surface area contributed by atoms with Gasteiger partial charge in [0.05, 0.1) is 0 Å². The number of halogens is 1. The number of carbonyl (C=O) groups is 1. The molecule has 0 saturated heterocycles. The van der Waals surface area contributed by atoms with E-state index >= 15 is 0 Å². The lowest BCUT2D eigenvalue weighted by Gasteiger charge is -2.19. The highest BCUT2D eigenvalue weighted by Crippen LogP contribution is 2.23. The molecule has 0 bridgehead atoms. The SMILES string of the molecule is CC(C)(C)c1ccc(NCCC(=O)c2ccc(Cl)cc2)cc1. The molecule has 0 unspecified atom stereocenters. The molecule has 3 heteroatoms. The maximum absolute atomic E-state index is 12.0. The second-order valence-corrected chi connectivity index (χ2v) is 6.87. The first-order chi connectivity index (χ1) is 10.4. The second kappa shape index (κ2) is 6.97. The van der Waals surface area contributed by atoms with Gasteiger partial charge in [0.2, 0.25) is 0 Å². The summed E-state index contributed by atoms with van der Waals surface area (Å²) >= 11 is 5.82. The highest BCUT2D eigenvalue weighted by atomic mass is 35.5. The van der Waals surface area contributed by atoms with Crippen molar-refractivity contribution in [2.24, 2.45) is 0 Å². The van der Waals surface area contributed by atoms with Crippen LogP contribution in [-0.4, -0.2) is 12.3 Å². The van der Waals surface area contributed by atoms with Crippen molar-refractivity contribution in [2.45, 2.75) is 32.6 Å². The van der Waals surface area contributed by atoms with Gasteiger partial charge < -0.3 is 5.32 Å². The Bertz CT molecular complexity index is 624. The molecular weight excluding hydrogens is 294 g/mol. The van der Waals surface area contributed by atoms with Gasteiger partial charge in [-0.15, -0.1) is 0 Å². The average molecular weight is 316 g/mol. The minimum atomic E-state index is 0.121. The van der Waals surface area contributed by atoms with E-state index in [0.29, 0.717) is 23.6 Å². The molecule has 0 heterocycles. The van der Waals surface area contributed by atoms with Crippen molar-refractivity contribution in [1.29, 1.82) is 0 Å². The topological polar surface area (TPSA) is 29.1 Å². The van der Waals surface area contributed by atoms with Crippen LogP contribution in [0.4, 0.5) is 5.69 Å². The number of rotatable bonds is 5. The van der Waals surface area contributed by atoms with Gasteiger partial charge in [-0.25, -0.2) is 0 Å². The molecule has 116 valence electrons. The molecule has 0 radical (unpaired) electrons.